The van der Waals surface area contributed by atoms with Crippen LogP contribution in [0.2, 0.25) is 0 Å². The molecular weight excluding hydrogens is 424 g/mol. The van der Waals surface area contributed by atoms with Crippen molar-refractivity contribution in [1.82, 2.24) is 0 Å². The van der Waals surface area contributed by atoms with E-state index in [-0.39, 0.29) is 0 Å². The van der Waals surface area contributed by atoms with Crippen molar-refractivity contribution in [2.75, 3.05) is 0 Å². The monoisotopic (exact) mass is 452 g/mol. The molecule has 4 aromatic carbocycles. The van der Waals surface area contributed by atoms with Crippen LogP contribution in [0, 0.1) is 5.92 Å². The third-order valence-electron chi connectivity index (χ3n) is 7.04. The number of hydrogen-bond acceptors (Lipinski definition) is 2. The van der Waals surface area contributed by atoms with E-state index >= 15 is 0 Å². The molecule has 0 spiro atoms. The average Bonchev–Trinajstić information content (AvgIpc) is 3.34. The van der Waals surface area contributed by atoms with Gasteiger partial charge in [0.2, 0.25) is 0 Å². The van der Waals surface area contributed by atoms with Gasteiger partial charge < -0.3 is 0 Å². The van der Waals surface area contributed by atoms with E-state index in [4.69, 9.17) is 0 Å². The molecule has 0 radical (unpaired) electrons. The van der Waals surface area contributed by atoms with E-state index in [1.807, 2.05) is 22.7 Å². The maximum atomic E-state index is 2.45. The van der Waals surface area contributed by atoms with Gasteiger partial charge in [-0.25, -0.2) is 0 Å². The third kappa shape index (κ3) is 3.41. The zero-order valence-electron chi connectivity index (χ0n) is 18.8. The predicted molar refractivity (Wildman–Crippen MR) is 147 cm³/mol. The summed E-state index contributed by atoms with van der Waals surface area (Å²) in [5, 5.41) is 8.26. The molecule has 0 aliphatic heterocycles. The minimum atomic E-state index is 0.810. The lowest BCUT2D eigenvalue weighted by Gasteiger charge is -2.15. The van der Waals surface area contributed by atoms with Gasteiger partial charge in [0.1, 0.15) is 0 Å². The first kappa shape index (κ1) is 20.2. The van der Waals surface area contributed by atoms with Gasteiger partial charge >= 0.3 is 0 Å². The minimum absolute atomic E-state index is 0.810. The van der Waals surface area contributed by atoms with E-state index in [9.17, 15) is 0 Å². The van der Waals surface area contributed by atoms with E-state index in [0.29, 0.717) is 0 Å². The molecule has 0 saturated heterocycles. The Morgan fingerprint density at radius 3 is 1.97 bits per heavy atom. The summed E-state index contributed by atoms with van der Waals surface area (Å²) < 4.78 is 5.72. The second-order valence-corrected chi connectivity index (χ2v) is 11.3. The van der Waals surface area contributed by atoms with Crippen molar-refractivity contribution in [3.63, 3.8) is 0 Å². The Morgan fingerprint density at radius 2 is 1.31 bits per heavy atom. The zero-order chi connectivity index (χ0) is 21.7. The Morgan fingerprint density at radius 1 is 0.688 bits per heavy atom. The van der Waals surface area contributed by atoms with Crippen molar-refractivity contribution in [2.45, 2.75) is 46.0 Å². The van der Waals surface area contributed by atoms with E-state index in [1.165, 1.54) is 88.8 Å². The van der Waals surface area contributed by atoms with Crippen LogP contribution in [0.5, 0.6) is 0 Å². The topological polar surface area (TPSA) is 0 Å². The van der Waals surface area contributed by atoms with Crippen molar-refractivity contribution in [1.29, 1.82) is 0 Å². The summed E-state index contributed by atoms with van der Waals surface area (Å²) in [4.78, 5) is 0. The summed E-state index contributed by atoms with van der Waals surface area (Å²) in [6, 6.07) is 25.5. The van der Waals surface area contributed by atoms with Gasteiger partial charge in [-0.2, -0.15) is 0 Å². The molecule has 1 atom stereocenters. The smallest absolute Gasteiger partial charge is 0.0542 e. The zero-order valence-corrected chi connectivity index (χ0v) is 20.4. The lowest BCUT2D eigenvalue weighted by Crippen LogP contribution is -2.03. The summed E-state index contributed by atoms with van der Waals surface area (Å²) in [7, 11) is 0. The highest BCUT2D eigenvalue weighted by atomic mass is 32.1. The van der Waals surface area contributed by atoms with Crippen LogP contribution < -0.4 is 0 Å². The largest absolute Gasteiger partial charge is 0.134 e. The van der Waals surface area contributed by atoms with Crippen molar-refractivity contribution in [3.8, 4) is 0 Å². The second kappa shape index (κ2) is 8.17. The molecule has 0 bridgehead atoms. The maximum Gasteiger partial charge on any atom is 0.0542 e. The van der Waals surface area contributed by atoms with Gasteiger partial charge in [0.15, 0.2) is 0 Å². The Kier molecular flexibility index (Phi) is 5.16. The van der Waals surface area contributed by atoms with Crippen LogP contribution >= 0.6 is 22.7 Å². The molecule has 6 rings (SSSR count). The summed E-state index contributed by atoms with van der Waals surface area (Å²) in [6.07, 6.45) is 6.49. The first-order valence-electron chi connectivity index (χ1n) is 11.9. The van der Waals surface area contributed by atoms with E-state index in [1.54, 1.807) is 0 Å². The maximum absolute atomic E-state index is 2.45. The van der Waals surface area contributed by atoms with Gasteiger partial charge in [-0.3, -0.25) is 0 Å². The Balaban J connectivity index is 1.46. The van der Waals surface area contributed by atoms with Gasteiger partial charge in [-0.05, 0) is 63.7 Å². The number of thiophene rings is 2. The predicted octanol–water partition coefficient (Wildman–Crippen LogP) is 10.3. The van der Waals surface area contributed by atoms with Crippen LogP contribution in [0.15, 0.2) is 66.7 Å². The molecule has 160 valence electrons. The number of hydrogen-bond donors (Lipinski definition) is 0. The molecule has 0 N–H and O–H groups in total. The summed E-state index contributed by atoms with van der Waals surface area (Å²) in [6.45, 7) is 4.64. The average molecular weight is 453 g/mol. The van der Waals surface area contributed by atoms with Gasteiger partial charge in [-0.15, -0.1) is 22.7 Å². The Labute approximate surface area is 197 Å². The molecule has 0 unspecified atom stereocenters. The van der Waals surface area contributed by atoms with Crippen LogP contribution in [-0.2, 0) is 6.42 Å². The standard InChI is InChI=1S/C30H28S2/c1-3-5-8-19(4-2)13-20-11-12-23-16-26-28(18-24(23)14-20)32-29-25-15-21-9-6-7-10-22(21)17-27(25)31-30(26)29/h6-7,9-12,14-19H,3-5,8,13H2,1-2H3/t19-/m0/s1. The van der Waals surface area contributed by atoms with E-state index in [0.717, 1.165) is 5.92 Å². The minimum Gasteiger partial charge on any atom is -0.134 e. The molecule has 6 aromatic rings. The Hall–Kier alpha value is -2.42. The first-order chi connectivity index (χ1) is 15.7. The lowest BCUT2D eigenvalue weighted by atomic mass is 9.91. The molecule has 0 amide bonds. The lowest BCUT2D eigenvalue weighted by molar-refractivity contribution is 0.449. The van der Waals surface area contributed by atoms with Crippen molar-refractivity contribution in [2.24, 2.45) is 5.92 Å². The van der Waals surface area contributed by atoms with Crippen LogP contribution in [0.4, 0.5) is 0 Å². The van der Waals surface area contributed by atoms with Crippen molar-refractivity contribution >= 4 is 73.8 Å². The van der Waals surface area contributed by atoms with Gasteiger partial charge in [0.05, 0.1) is 9.40 Å². The molecule has 2 aromatic heterocycles. The van der Waals surface area contributed by atoms with Crippen molar-refractivity contribution < 1.29 is 0 Å². The molecule has 0 nitrogen and oxygen atoms in total. The normalized spacial score (nSPS) is 13.2. The number of benzene rings is 4. The summed E-state index contributed by atoms with van der Waals surface area (Å²) in [5.41, 5.74) is 1.50. The fourth-order valence-corrected chi connectivity index (χ4v) is 7.84. The highest BCUT2D eigenvalue weighted by molar-refractivity contribution is 7.36. The molecule has 32 heavy (non-hydrogen) atoms. The summed E-state index contributed by atoms with van der Waals surface area (Å²) in [5.74, 6) is 0.810. The molecule has 2 heterocycles. The van der Waals surface area contributed by atoms with Gasteiger partial charge in [-0.1, -0.05) is 82.0 Å². The highest BCUT2D eigenvalue weighted by Gasteiger charge is 2.14. The molecular formula is C30H28S2. The number of unbranched alkanes of at least 4 members (excludes halogenated alkanes) is 1. The number of rotatable bonds is 6. The molecule has 0 saturated carbocycles. The third-order valence-corrected chi connectivity index (χ3v) is 9.54. The SMILES string of the molecule is CCCC[C@H](CC)Cc1ccc2cc3c(cc2c1)sc1c2cc4ccccc4cc2sc31. The molecule has 0 aliphatic carbocycles. The molecule has 2 heteroatoms. The fourth-order valence-electron chi connectivity index (χ4n) is 5.14. The van der Waals surface area contributed by atoms with Crippen LogP contribution in [0.25, 0.3) is 51.1 Å². The van der Waals surface area contributed by atoms with Gasteiger partial charge in [0.25, 0.3) is 0 Å². The fraction of sp³-hybridized carbons (Fsp3) is 0.267. The molecule has 0 aliphatic rings. The number of fused-ring (bicyclic) bond motifs is 7. The van der Waals surface area contributed by atoms with Gasteiger partial charge in [0, 0.05) is 20.2 Å². The van der Waals surface area contributed by atoms with Crippen LogP contribution in [-0.4, -0.2) is 0 Å². The van der Waals surface area contributed by atoms with Crippen LogP contribution in [0.1, 0.15) is 45.1 Å². The summed E-state index contributed by atoms with van der Waals surface area (Å²) >= 11 is 3.92. The quantitative estimate of drug-likeness (QED) is 0.236. The first-order valence-corrected chi connectivity index (χ1v) is 13.6. The Bertz CT molecular complexity index is 1580. The molecule has 0 fully saturated rings. The van der Waals surface area contributed by atoms with Crippen molar-refractivity contribution in [3.05, 3.63) is 72.3 Å². The second-order valence-electron chi connectivity index (χ2n) is 9.21. The van der Waals surface area contributed by atoms with Crippen LogP contribution in [0.3, 0.4) is 0 Å². The van der Waals surface area contributed by atoms with E-state index in [2.05, 4.69) is 80.6 Å². The highest BCUT2D eigenvalue weighted by Crippen LogP contribution is 2.46. The van der Waals surface area contributed by atoms with E-state index < -0.39 is 0 Å².